The summed E-state index contributed by atoms with van der Waals surface area (Å²) in [6.07, 6.45) is 2.56. The molecule has 1 spiro atoms. The third-order valence-electron chi connectivity index (χ3n) is 5.16. The van der Waals surface area contributed by atoms with E-state index in [0.29, 0.717) is 29.8 Å². The van der Waals surface area contributed by atoms with Crippen LogP contribution in [0.5, 0.6) is 0 Å². The van der Waals surface area contributed by atoms with Crippen LogP contribution in [0.2, 0.25) is 5.02 Å². The highest BCUT2D eigenvalue weighted by atomic mass is 35.5. The van der Waals surface area contributed by atoms with Gasteiger partial charge in [0.2, 0.25) is 5.91 Å². The van der Waals surface area contributed by atoms with Crippen LogP contribution in [0, 0.1) is 6.92 Å². The number of nitrogens with one attached hydrogen (secondary N) is 1. The van der Waals surface area contributed by atoms with Crippen molar-refractivity contribution in [3.05, 3.63) is 39.9 Å². The highest BCUT2D eigenvalue weighted by Crippen LogP contribution is 2.47. The molecular formula is C18H19ClN4O2S. The molecule has 2 aliphatic rings. The molecule has 0 unspecified atom stereocenters. The van der Waals surface area contributed by atoms with Gasteiger partial charge in [0.25, 0.3) is 0 Å². The predicted molar refractivity (Wildman–Crippen MR) is 103 cm³/mol. The van der Waals surface area contributed by atoms with Crippen LogP contribution in [0.4, 0.5) is 15.6 Å². The van der Waals surface area contributed by atoms with Crippen molar-refractivity contribution in [1.82, 2.24) is 9.88 Å². The van der Waals surface area contributed by atoms with E-state index in [-0.39, 0.29) is 17.4 Å². The third kappa shape index (κ3) is 2.85. The smallest absolute Gasteiger partial charge is 0.328 e. The van der Waals surface area contributed by atoms with Gasteiger partial charge >= 0.3 is 6.03 Å². The second-order valence-electron chi connectivity index (χ2n) is 6.92. The van der Waals surface area contributed by atoms with Crippen molar-refractivity contribution in [2.75, 3.05) is 29.9 Å². The van der Waals surface area contributed by atoms with Gasteiger partial charge in [-0.2, -0.15) is 0 Å². The summed E-state index contributed by atoms with van der Waals surface area (Å²) in [6.45, 7) is 5.37. The molecule has 0 saturated carbocycles. The number of amides is 3. The number of anilines is 2. The van der Waals surface area contributed by atoms with Gasteiger partial charge in [-0.15, -0.1) is 11.3 Å². The molecule has 1 aromatic carbocycles. The van der Waals surface area contributed by atoms with Crippen LogP contribution >= 0.6 is 22.9 Å². The Hall–Kier alpha value is -2.12. The molecule has 8 heteroatoms. The molecule has 1 N–H and O–H groups in total. The Kier molecular flexibility index (Phi) is 4.16. The molecule has 2 aliphatic heterocycles. The maximum atomic E-state index is 12.9. The minimum atomic E-state index is -0.262. The van der Waals surface area contributed by atoms with E-state index >= 15 is 0 Å². The van der Waals surface area contributed by atoms with Gasteiger partial charge in [-0.05, 0) is 37.1 Å². The molecule has 2 aromatic rings. The largest absolute Gasteiger partial charge is 0.342 e. The zero-order valence-corrected chi connectivity index (χ0v) is 16.2. The molecule has 0 bridgehead atoms. The summed E-state index contributed by atoms with van der Waals surface area (Å²) in [4.78, 5) is 33.6. The second-order valence-corrected chi connectivity index (χ2v) is 8.60. The fourth-order valence-corrected chi connectivity index (χ4v) is 4.71. The number of likely N-dealkylation sites (tertiary alicyclic amines) is 1. The number of fused-ring (bicyclic) bond motifs is 2. The van der Waals surface area contributed by atoms with Crippen molar-refractivity contribution in [2.45, 2.75) is 25.7 Å². The number of nitrogens with zero attached hydrogens (tertiary/aromatic N) is 3. The van der Waals surface area contributed by atoms with E-state index < -0.39 is 0 Å². The first kappa shape index (κ1) is 17.3. The van der Waals surface area contributed by atoms with Gasteiger partial charge in [0, 0.05) is 53.8 Å². The number of aryl methyl sites for hydroxylation is 1. The van der Waals surface area contributed by atoms with Crippen molar-refractivity contribution in [3.8, 4) is 0 Å². The summed E-state index contributed by atoms with van der Waals surface area (Å²) in [5.41, 5.74) is 1.63. The molecule has 1 aromatic heterocycles. The number of carbonyl (C=O) groups is 2. The number of hydrogen-bond acceptors (Lipinski definition) is 4. The molecule has 26 heavy (non-hydrogen) atoms. The molecule has 0 aliphatic carbocycles. The summed E-state index contributed by atoms with van der Waals surface area (Å²) in [7, 11) is 0. The molecule has 6 nitrogen and oxygen atoms in total. The number of urea groups is 1. The second kappa shape index (κ2) is 6.25. The van der Waals surface area contributed by atoms with E-state index in [0.717, 1.165) is 22.5 Å². The third-order valence-corrected chi connectivity index (χ3v) is 6.22. The summed E-state index contributed by atoms with van der Waals surface area (Å²) < 4.78 is 0. The van der Waals surface area contributed by atoms with E-state index in [2.05, 4.69) is 10.3 Å². The zero-order valence-electron chi connectivity index (χ0n) is 14.6. The summed E-state index contributed by atoms with van der Waals surface area (Å²) in [6, 6.07) is 5.41. The maximum Gasteiger partial charge on any atom is 0.328 e. The van der Waals surface area contributed by atoms with E-state index in [1.807, 2.05) is 24.0 Å². The molecule has 1 fully saturated rings. The minimum absolute atomic E-state index is 0.0617. The molecular weight excluding hydrogens is 372 g/mol. The number of aromatic nitrogens is 1. The van der Waals surface area contributed by atoms with Crippen molar-refractivity contribution in [2.24, 2.45) is 0 Å². The highest BCUT2D eigenvalue weighted by Gasteiger charge is 2.49. The predicted octanol–water partition coefficient (Wildman–Crippen LogP) is 3.65. The normalized spacial score (nSPS) is 21.3. The lowest BCUT2D eigenvalue weighted by atomic mass is 9.81. The first-order chi connectivity index (χ1) is 12.4. The van der Waals surface area contributed by atoms with Crippen LogP contribution in [0.25, 0.3) is 0 Å². The number of carbonyl (C=O) groups excluding carboxylic acids is 2. The molecule has 136 valence electrons. The molecule has 1 saturated heterocycles. The number of hydrogen-bond donors (Lipinski definition) is 1. The van der Waals surface area contributed by atoms with E-state index in [4.69, 9.17) is 11.6 Å². The molecule has 0 radical (unpaired) electrons. The van der Waals surface area contributed by atoms with E-state index in [1.165, 1.54) is 11.3 Å². The lowest BCUT2D eigenvalue weighted by Gasteiger charge is -2.25. The van der Waals surface area contributed by atoms with Gasteiger partial charge in [0.05, 0.1) is 0 Å². The van der Waals surface area contributed by atoms with Crippen LogP contribution in [0.3, 0.4) is 0 Å². The Morgan fingerprint density at radius 2 is 2.15 bits per heavy atom. The van der Waals surface area contributed by atoms with Crippen LogP contribution in [-0.4, -0.2) is 41.5 Å². The van der Waals surface area contributed by atoms with Crippen LogP contribution in [0.1, 0.15) is 23.8 Å². The highest BCUT2D eigenvalue weighted by molar-refractivity contribution is 7.15. The van der Waals surface area contributed by atoms with Crippen LogP contribution in [-0.2, 0) is 10.2 Å². The number of rotatable bonds is 1. The molecule has 4 rings (SSSR count). The van der Waals surface area contributed by atoms with Gasteiger partial charge in [-0.3, -0.25) is 15.0 Å². The quantitative estimate of drug-likeness (QED) is 0.808. The fourth-order valence-electron chi connectivity index (χ4n) is 3.88. The van der Waals surface area contributed by atoms with Gasteiger partial charge in [0.1, 0.15) is 0 Å². The summed E-state index contributed by atoms with van der Waals surface area (Å²) >= 11 is 7.68. The Morgan fingerprint density at radius 1 is 1.35 bits per heavy atom. The average Bonchev–Trinajstić information content (AvgIpc) is 3.27. The SMILES string of the molecule is CC(=O)N1CC[C@@]2(C1)CN(C(=O)Nc1ncc(C)s1)c1ccc(Cl)cc12. The number of thiazole rings is 1. The Labute approximate surface area is 160 Å². The van der Waals surface area contributed by atoms with Gasteiger partial charge < -0.3 is 4.90 Å². The van der Waals surface area contributed by atoms with Crippen LogP contribution in [0.15, 0.2) is 24.4 Å². The fraction of sp³-hybridized carbons (Fsp3) is 0.389. The van der Waals surface area contributed by atoms with Crippen LogP contribution < -0.4 is 10.2 Å². The lowest BCUT2D eigenvalue weighted by molar-refractivity contribution is -0.127. The number of halogens is 1. The molecule has 3 amide bonds. The maximum absolute atomic E-state index is 12.9. The molecule has 1 atom stereocenters. The summed E-state index contributed by atoms with van der Waals surface area (Å²) in [5, 5.41) is 4.11. The zero-order chi connectivity index (χ0) is 18.5. The summed E-state index contributed by atoms with van der Waals surface area (Å²) in [5.74, 6) is 0.0617. The monoisotopic (exact) mass is 390 g/mol. The Morgan fingerprint density at radius 3 is 2.81 bits per heavy atom. The average molecular weight is 391 g/mol. The first-order valence-corrected chi connectivity index (χ1v) is 9.64. The van der Waals surface area contributed by atoms with Crippen molar-refractivity contribution in [1.29, 1.82) is 0 Å². The van der Waals surface area contributed by atoms with Gasteiger partial charge in [-0.25, -0.2) is 9.78 Å². The lowest BCUT2D eigenvalue weighted by Crippen LogP contribution is -2.41. The first-order valence-electron chi connectivity index (χ1n) is 8.44. The topological polar surface area (TPSA) is 65.5 Å². The Balaban J connectivity index is 1.66. The standard InChI is InChI=1S/C18H19ClN4O2S/c1-11-8-20-16(26-11)21-17(25)23-10-18(5-6-22(9-18)12(2)24)14-7-13(19)3-4-15(14)23/h3-4,7-8H,5-6,9-10H2,1-2H3,(H,20,21,25)/t18-/m1/s1. The molecule has 3 heterocycles. The minimum Gasteiger partial charge on any atom is -0.342 e. The number of benzene rings is 1. The van der Waals surface area contributed by atoms with Crippen molar-refractivity contribution in [3.63, 3.8) is 0 Å². The van der Waals surface area contributed by atoms with Crippen molar-refractivity contribution < 1.29 is 9.59 Å². The van der Waals surface area contributed by atoms with Crippen molar-refractivity contribution >= 4 is 45.7 Å². The van der Waals surface area contributed by atoms with E-state index in [1.54, 1.807) is 24.1 Å². The Bertz CT molecular complexity index is 899. The van der Waals surface area contributed by atoms with E-state index in [9.17, 15) is 9.59 Å². The van der Waals surface area contributed by atoms with Gasteiger partial charge in [-0.1, -0.05) is 11.6 Å². The van der Waals surface area contributed by atoms with Gasteiger partial charge in [0.15, 0.2) is 5.13 Å².